The summed E-state index contributed by atoms with van der Waals surface area (Å²) in [6, 6.07) is 0.215. The topological polar surface area (TPSA) is 63.9 Å². The molecule has 78 valence electrons. The molecule has 0 aliphatic heterocycles. The van der Waals surface area contributed by atoms with Gasteiger partial charge in [0.05, 0.1) is 30.9 Å². The first kappa shape index (κ1) is 9.68. The number of nitrogens with zero attached hydrogens (tertiary/aromatic N) is 1. The molecule has 1 saturated carbocycles. The van der Waals surface area contributed by atoms with Gasteiger partial charge in [-0.3, -0.25) is 0 Å². The monoisotopic (exact) mass is 195 g/mol. The molecule has 0 amide bonds. The normalized spacial score (nSPS) is 27.8. The van der Waals surface area contributed by atoms with Crippen molar-refractivity contribution in [2.75, 3.05) is 0 Å². The minimum absolute atomic E-state index is 0.215. The van der Waals surface area contributed by atoms with Crippen LogP contribution in [0.25, 0.3) is 0 Å². The van der Waals surface area contributed by atoms with Crippen LogP contribution in [-0.2, 0) is 11.3 Å². The number of rotatable bonds is 3. The highest BCUT2D eigenvalue weighted by molar-refractivity contribution is 4.92. The molecule has 1 aliphatic rings. The highest BCUT2D eigenvalue weighted by atomic mass is 16.5. The van der Waals surface area contributed by atoms with E-state index in [4.69, 9.17) is 10.5 Å². The number of hydrogen-bond donors (Lipinski definition) is 2. The lowest BCUT2D eigenvalue weighted by Gasteiger charge is -2.28. The summed E-state index contributed by atoms with van der Waals surface area (Å²) in [5.74, 6) is 0. The van der Waals surface area contributed by atoms with Gasteiger partial charge >= 0.3 is 0 Å². The maximum absolute atomic E-state index is 5.97. The van der Waals surface area contributed by atoms with Crippen molar-refractivity contribution in [3.63, 3.8) is 0 Å². The lowest BCUT2D eigenvalue weighted by Crippen LogP contribution is -2.39. The molecule has 4 heteroatoms. The van der Waals surface area contributed by atoms with Gasteiger partial charge in [0.1, 0.15) is 0 Å². The molecule has 3 N–H and O–H groups in total. The Bertz CT molecular complexity index is 260. The minimum atomic E-state index is 0.215. The van der Waals surface area contributed by atoms with Crippen LogP contribution >= 0.6 is 0 Å². The molecular formula is C10H17N3O. The summed E-state index contributed by atoms with van der Waals surface area (Å²) in [6.45, 7) is 0.596. The van der Waals surface area contributed by atoms with Gasteiger partial charge in [0.2, 0.25) is 0 Å². The van der Waals surface area contributed by atoms with Crippen molar-refractivity contribution >= 4 is 0 Å². The van der Waals surface area contributed by atoms with Crippen molar-refractivity contribution in [2.24, 2.45) is 5.73 Å². The van der Waals surface area contributed by atoms with Crippen LogP contribution in [0.15, 0.2) is 12.5 Å². The molecule has 1 heterocycles. The van der Waals surface area contributed by atoms with Crippen LogP contribution in [0.1, 0.15) is 31.4 Å². The molecule has 1 aromatic rings. The molecule has 2 rings (SSSR count). The number of ether oxygens (including phenoxy) is 1. The van der Waals surface area contributed by atoms with Gasteiger partial charge in [-0.15, -0.1) is 0 Å². The third-order valence-electron chi connectivity index (χ3n) is 2.76. The summed E-state index contributed by atoms with van der Waals surface area (Å²) in [4.78, 5) is 6.95. The number of aromatic nitrogens is 2. The first-order chi connectivity index (χ1) is 6.86. The fourth-order valence-corrected chi connectivity index (χ4v) is 1.89. The second-order valence-electron chi connectivity index (χ2n) is 3.87. The zero-order valence-corrected chi connectivity index (χ0v) is 8.28. The highest BCUT2D eigenvalue weighted by Crippen LogP contribution is 2.20. The van der Waals surface area contributed by atoms with Crippen LogP contribution < -0.4 is 5.73 Å². The minimum Gasteiger partial charge on any atom is -0.370 e. The fourth-order valence-electron chi connectivity index (χ4n) is 1.89. The molecule has 14 heavy (non-hydrogen) atoms. The van der Waals surface area contributed by atoms with Crippen LogP contribution in [0.3, 0.4) is 0 Å². The Kier molecular flexibility index (Phi) is 3.16. The number of aromatic amines is 1. The standard InChI is InChI=1S/C10H17N3O/c11-9-3-1-2-4-10(9)14-6-8-5-12-7-13-8/h5,7,9-10H,1-4,6,11H2,(H,12,13)/t9-,10+/m1/s1. The van der Waals surface area contributed by atoms with Crippen molar-refractivity contribution in [1.82, 2.24) is 9.97 Å². The molecule has 0 unspecified atom stereocenters. The Balaban J connectivity index is 1.79. The lowest BCUT2D eigenvalue weighted by molar-refractivity contribution is 0.00271. The van der Waals surface area contributed by atoms with Gasteiger partial charge in [0, 0.05) is 6.04 Å². The van der Waals surface area contributed by atoms with E-state index >= 15 is 0 Å². The fraction of sp³-hybridized carbons (Fsp3) is 0.700. The number of hydrogen-bond acceptors (Lipinski definition) is 3. The van der Waals surface area contributed by atoms with Gasteiger partial charge in [0.15, 0.2) is 0 Å². The average Bonchev–Trinajstić information content (AvgIpc) is 2.69. The van der Waals surface area contributed by atoms with Gasteiger partial charge in [-0.25, -0.2) is 4.98 Å². The van der Waals surface area contributed by atoms with E-state index in [1.165, 1.54) is 12.8 Å². The number of nitrogens with one attached hydrogen (secondary N) is 1. The third-order valence-corrected chi connectivity index (χ3v) is 2.76. The second kappa shape index (κ2) is 4.57. The van der Waals surface area contributed by atoms with Gasteiger partial charge in [0.25, 0.3) is 0 Å². The van der Waals surface area contributed by atoms with Crippen LogP contribution in [-0.4, -0.2) is 22.1 Å². The molecule has 0 saturated heterocycles. The summed E-state index contributed by atoms with van der Waals surface area (Å²) < 4.78 is 5.74. The van der Waals surface area contributed by atoms with Crippen molar-refractivity contribution in [2.45, 2.75) is 44.4 Å². The summed E-state index contributed by atoms with van der Waals surface area (Å²) >= 11 is 0. The Labute approximate surface area is 83.9 Å². The summed E-state index contributed by atoms with van der Waals surface area (Å²) in [5, 5.41) is 0. The summed E-state index contributed by atoms with van der Waals surface area (Å²) in [6.07, 6.45) is 8.34. The van der Waals surface area contributed by atoms with E-state index in [0.717, 1.165) is 18.5 Å². The van der Waals surface area contributed by atoms with E-state index in [0.29, 0.717) is 6.61 Å². The van der Waals surface area contributed by atoms with E-state index < -0.39 is 0 Å². The van der Waals surface area contributed by atoms with E-state index in [2.05, 4.69) is 9.97 Å². The molecule has 0 bridgehead atoms. The molecule has 4 nitrogen and oxygen atoms in total. The van der Waals surface area contributed by atoms with Crippen molar-refractivity contribution in [3.05, 3.63) is 18.2 Å². The van der Waals surface area contributed by atoms with Crippen LogP contribution in [0.2, 0.25) is 0 Å². The second-order valence-corrected chi connectivity index (χ2v) is 3.87. The third kappa shape index (κ3) is 2.33. The first-order valence-corrected chi connectivity index (χ1v) is 5.20. The zero-order valence-electron chi connectivity index (χ0n) is 8.28. The predicted molar refractivity (Wildman–Crippen MR) is 53.6 cm³/mol. The highest BCUT2D eigenvalue weighted by Gasteiger charge is 2.22. The molecule has 0 spiro atoms. The largest absolute Gasteiger partial charge is 0.370 e. The number of H-pyrrole nitrogens is 1. The Morgan fingerprint density at radius 3 is 3.07 bits per heavy atom. The molecule has 1 aliphatic carbocycles. The maximum atomic E-state index is 5.97. The summed E-state index contributed by atoms with van der Waals surface area (Å²) in [7, 11) is 0. The molecule has 0 aromatic carbocycles. The zero-order chi connectivity index (χ0) is 9.80. The molecule has 0 radical (unpaired) electrons. The molecule has 2 atom stereocenters. The van der Waals surface area contributed by atoms with Gasteiger partial charge in [-0.1, -0.05) is 12.8 Å². The van der Waals surface area contributed by atoms with Gasteiger partial charge < -0.3 is 15.5 Å². The SMILES string of the molecule is N[C@@H]1CCCC[C@@H]1OCc1cnc[nH]1. The Morgan fingerprint density at radius 1 is 1.50 bits per heavy atom. The molecular weight excluding hydrogens is 178 g/mol. The average molecular weight is 195 g/mol. The lowest BCUT2D eigenvalue weighted by atomic mass is 9.93. The van der Waals surface area contributed by atoms with Crippen LogP contribution in [0, 0.1) is 0 Å². The predicted octanol–water partition coefficient (Wildman–Crippen LogP) is 1.20. The Hall–Kier alpha value is -0.870. The van der Waals surface area contributed by atoms with E-state index in [9.17, 15) is 0 Å². The quantitative estimate of drug-likeness (QED) is 0.761. The number of imidazole rings is 1. The molecule has 1 aromatic heterocycles. The van der Waals surface area contributed by atoms with Gasteiger partial charge in [-0.05, 0) is 12.8 Å². The van der Waals surface area contributed by atoms with Crippen molar-refractivity contribution < 1.29 is 4.74 Å². The smallest absolute Gasteiger partial charge is 0.0922 e. The van der Waals surface area contributed by atoms with Crippen LogP contribution in [0.5, 0.6) is 0 Å². The van der Waals surface area contributed by atoms with E-state index in [1.54, 1.807) is 12.5 Å². The Morgan fingerprint density at radius 2 is 2.36 bits per heavy atom. The van der Waals surface area contributed by atoms with Crippen LogP contribution in [0.4, 0.5) is 0 Å². The maximum Gasteiger partial charge on any atom is 0.0922 e. The van der Waals surface area contributed by atoms with E-state index in [1.807, 2.05) is 0 Å². The van der Waals surface area contributed by atoms with E-state index in [-0.39, 0.29) is 12.1 Å². The first-order valence-electron chi connectivity index (χ1n) is 5.20. The molecule has 1 fully saturated rings. The summed E-state index contributed by atoms with van der Waals surface area (Å²) in [5.41, 5.74) is 6.98. The van der Waals surface area contributed by atoms with Gasteiger partial charge in [-0.2, -0.15) is 0 Å². The van der Waals surface area contributed by atoms with Crippen molar-refractivity contribution in [1.29, 1.82) is 0 Å². The number of nitrogens with two attached hydrogens (primary N) is 1. The van der Waals surface area contributed by atoms with Crippen molar-refractivity contribution in [3.8, 4) is 0 Å².